The van der Waals surface area contributed by atoms with Gasteiger partial charge in [0.25, 0.3) is 5.91 Å². The van der Waals surface area contributed by atoms with Crippen molar-refractivity contribution in [1.82, 2.24) is 15.5 Å². The zero-order valence-corrected chi connectivity index (χ0v) is 15.3. The van der Waals surface area contributed by atoms with E-state index >= 15 is 0 Å². The Morgan fingerprint density at radius 2 is 1.84 bits per heavy atom. The lowest BCUT2D eigenvalue weighted by Crippen LogP contribution is -2.44. The van der Waals surface area contributed by atoms with E-state index in [1.54, 1.807) is 21.0 Å². The molecular formula is C18H25N3O4. The van der Waals surface area contributed by atoms with Gasteiger partial charge in [-0.05, 0) is 37.5 Å². The van der Waals surface area contributed by atoms with E-state index in [0.717, 1.165) is 16.2 Å². The van der Waals surface area contributed by atoms with Crippen LogP contribution in [0.4, 0.5) is 4.79 Å². The zero-order chi connectivity index (χ0) is 18.8. The normalized spacial score (nSPS) is 17.4. The molecule has 2 N–H and O–H groups in total. The number of benzene rings is 1. The second-order valence-electron chi connectivity index (χ2n) is 7.01. The Balaban J connectivity index is 2.08. The molecule has 1 aliphatic heterocycles. The molecule has 0 spiro atoms. The number of rotatable bonds is 6. The van der Waals surface area contributed by atoms with Crippen molar-refractivity contribution >= 4 is 17.8 Å². The largest absolute Gasteiger partial charge is 0.497 e. The number of nitrogens with zero attached hydrogens (tertiary/aromatic N) is 1. The van der Waals surface area contributed by atoms with E-state index in [4.69, 9.17) is 4.74 Å². The number of carbonyl (C=O) groups is 3. The predicted molar refractivity (Wildman–Crippen MR) is 93.0 cm³/mol. The maximum atomic E-state index is 12.4. The minimum absolute atomic E-state index is 0.136. The van der Waals surface area contributed by atoms with E-state index in [1.165, 1.54) is 0 Å². The van der Waals surface area contributed by atoms with Gasteiger partial charge in [-0.25, -0.2) is 4.79 Å². The Morgan fingerprint density at radius 3 is 2.28 bits per heavy atom. The molecule has 1 aromatic rings. The highest BCUT2D eigenvalue weighted by Gasteiger charge is 2.45. The maximum Gasteiger partial charge on any atom is 0.325 e. The highest BCUT2D eigenvalue weighted by Crippen LogP contribution is 2.24. The van der Waals surface area contributed by atoms with Crippen LogP contribution in [0.5, 0.6) is 5.75 Å². The van der Waals surface area contributed by atoms with Crippen molar-refractivity contribution in [3.8, 4) is 5.75 Å². The predicted octanol–water partition coefficient (Wildman–Crippen LogP) is 1.84. The standard InChI is InChI=1S/C18H25N3O4/c1-11(2)15(12-6-8-13(25-5)9-7-12)19-14(22)10-21-16(23)18(3,4)20-17(21)24/h6-9,11,15H,10H2,1-5H3,(H,19,22)(H,20,24)/t15-/m0/s1. The molecule has 1 atom stereocenters. The lowest BCUT2D eigenvalue weighted by atomic mass is 9.96. The van der Waals surface area contributed by atoms with Crippen molar-refractivity contribution in [3.05, 3.63) is 29.8 Å². The van der Waals surface area contributed by atoms with Gasteiger partial charge in [-0.3, -0.25) is 14.5 Å². The molecule has 1 heterocycles. The third-order valence-electron chi connectivity index (χ3n) is 4.20. The number of hydrogen-bond acceptors (Lipinski definition) is 4. The van der Waals surface area contributed by atoms with Crippen LogP contribution >= 0.6 is 0 Å². The summed E-state index contributed by atoms with van der Waals surface area (Å²) in [5, 5.41) is 5.47. The van der Waals surface area contributed by atoms with Crippen molar-refractivity contribution in [2.45, 2.75) is 39.3 Å². The number of carbonyl (C=O) groups excluding carboxylic acids is 3. The average molecular weight is 347 g/mol. The minimum atomic E-state index is -0.981. The van der Waals surface area contributed by atoms with Crippen LogP contribution in [0, 0.1) is 5.92 Å². The fraction of sp³-hybridized carbons (Fsp3) is 0.500. The van der Waals surface area contributed by atoms with E-state index in [-0.39, 0.29) is 24.4 Å². The molecule has 25 heavy (non-hydrogen) atoms. The molecule has 1 aliphatic rings. The Bertz CT molecular complexity index is 667. The summed E-state index contributed by atoms with van der Waals surface area (Å²) in [4.78, 5) is 37.4. The Labute approximate surface area is 147 Å². The topological polar surface area (TPSA) is 87.7 Å². The average Bonchev–Trinajstić information content (AvgIpc) is 2.74. The van der Waals surface area contributed by atoms with Crippen LogP contribution in [-0.2, 0) is 9.59 Å². The first-order valence-corrected chi connectivity index (χ1v) is 8.23. The summed E-state index contributed by atoms with van der Waals surface area (Å²) in [5.41, 5.74) is -0.0492. The first kappa shape index (κ1) is 18.8. The van der Waals surface area contributed by atoms with Crippen molar-refractivity contribution < 1.29 is 19.1 Å². The van der Waals surface area contributed by atoms with Crippen molar-refractivity contribution in [2.75, 3.05) is 13.7 Å². The SMILES string of the molecule is COc1ccc([C@@H](NC(=O)CN2C(=O)NC(C)(C)C2=O)C(C)C)cc1. The molecule has 0 aromatic heterocycles. The second-order valence-corrected chi connectivity index (χ2v) is 7.01. The molecule has 0 aliphatic carbocycles. The molecule has 1 fully saturated rings. The zero-order valence-electron chi connectivity index (χ0n) is 15.3. The van der Waals surface area contributed by atoms with E-state index in [1.807, 2.05) is 38.1 Å². The quantitative estimate of drug-likeness (QED) is 0.769. The molecular weight excluding hydrogens is 322 g/mol. The van der Waals surface area contributed by atoms with Gasteiger partial charge in [-0.2, -0.15) is 0 Å². The highest BCUT2D eigenvalue weighted by molar-refractivity contribution is 6.08. The van der Waals surface area contributed by atoms with E-state index in [2.05, 4.69) is 10.6 Å². The molecule has 2 rings (SSSR count). The molecule has 0 radical (unpaired) electrons. The summed E-state index contributed by atoms with van der Waals surface area (Å²) in [5.74, 6) is 0.0879. The fourth-order valence-electron chi connectivity index (χ4n) is 2.77. The molecule has 136 valence electrons. The number of ether oxygens (including phenoxy) is 1. The number of hydrogen-bond donors (Lipinski definition) is 2. The van der Waals surface area contributed by atoms with E-state index < -0.39 is 17.5 Å². The number of methoxy groups -OCH3 is 1. The van der Waals surface area contributed by atoms with Gasteiger partial charge < -0.3 is 15.4 Å². The highest BCUT2D eigenvalue weighted by atomic mass is 16.5. The summed E-state index contributed by atoms with van der Waals surface area (Å²) in [6.07, 6.45) is 0. The van der Waals surface area contributed by atoms with Crippen LogP contribution < -0.4 is 15.4 Å². The summed E-state index contributed by atoms with van der Waals surface area (Å²) >= 11 is 0. The second kappa shape index (κ2) is 7.13. The van der Waals surface area contributed by atoms with Crippen LogP contribution in [0.2, 0.25) is 0 Å². The number of nitrogens with one attached hydrogen (secondary N) is 2. The van der Waals surface area contributed by atoms with Gasteiger partial charge >= 0.3 is 6.03 Å². The number of amides is 4. The summed E-state index contributed by atoms with van der Waals surface area (Å²) in [7, 11) is 1.59. The van der Waals surface area contributed by atoms with Gasteiger partial charge in [0.1, 0.15) is 17.8 Å². The third kappa shape index (κ3) is 4.10. The van der Waals surface area contributed by atoms with Crippen LogP contribution in [0.15, 0.2) is 24.3 Å². The molecule has 7 heteroatoms. The fourth-order valence-corrected chi connectivity index (χ4v) is 2.77. The molecule has 0 saturated carbocycles. The third-order valence-corrected chi connectivity index (χ3v) is 4.20. The number of imide groups is 1. The van der Waals surface area contributed by atoms with Crippen molar-refractivity contribution in [2.24, 2.45) is 5.92 Å². The smallest absolute Gasteiger partial charge is 0.325 e. The van der Waals surface area contributed by atoms with Crippen LogP contribution in [0.1, 0.15) is 39.3 Å². The van der Waals surface area contributed by atoms with Gasteiger partial charge in [-0.1, -0.05) is 26.0 Å². The monoisotopic (exact) mass is 347 g/mol. The van der Waals surface area contributed by atoms with Gasteiger partial charge in [0, 0.05) is 0 Å². The van der Waals surface area contributed by atoms with Gasteiger partial charge in [-0.15, -0.1) is 0 Å². The Kier molecular flexibility index (Phi) is 5.35. The first-order chi connectivity index (χ1) is 11.7. The van der Waals surface area contributed by atoms with Crippen LogP contribution in [-0.4, -0.2) is 41.9 Å². The molecule has 4 amide bonds. The number of urea groups is 1. The molecule has 7 nitrogen and oxygen atoms in total. The summed E-state index contributed by atoms with van der Waals surface area (Å²) < 4.78 is 5.15. The van der Waals surface area contributed by atoms with E-state index in [9.17, 15) is 14.4 Å². The molecule has 0 unspecified atom stereocenters. The summed E-state index contributed by atoms with van der Waals surface area (Å²) in [6, 6.07) is 6.66. The van der Waals surface area contributed by atoms with Crippen molar-refractivity contribution in [1.29, 1.82) is 0 Å². The maximum absolute atomic E-state index is 12.4. The van der Waals surface area contributed by atoms with Gasteiger partial charge in [0.15, 0.2) is 0 Å². The minimum Gasteiger partial charge on any atom is -0.497 e. The van der Waals surface area contributed by atoms with Crippen LogP contribution in [0.25, 0.3) is 0 Å². The lowest BCUT2D eigenvalue weighted by molar-refractivity contribution is -0.134. The lowest BCUT2D eigenvalue weighted by Gasteiger charge is -2.24. The van der Waals surface area contributed by atoms with Gasteiger partial charge in [0.05, 0.1) is 13.2 Å². The van der Waals surface area contributed by atoms with E-state index in [0.29, 0.717) is 0 Å². The Morgan fingerprint density at radius 1 is 1.24 bits per heavy atom. The summed E-state index contributed by atoms with van der Waals surface area (Å²) in [6.45, 7) is 6.91. The van der Waals surface area contributed by atoms with Gasteiger partial charge in [0.2, 0.25) is 5.91 Å². The first-order valence-electron chi connectivity index (χ1n) is 8.23. The molecule has 0 bridgehead atoms. The van der Waals surface area contributed by atoms with Crippen LogP contribution in [0.3, 0.4) is 0 Å². The Hall–Kier alpha value is -2.57. The van der Waals surface area contributed by atoms with Crippen molar-refractivity contribution in [3.63, 3.8) is 0 Å². The molecule has 1 aromatic carbocycles. The molecule has 1 saturated heterocycles.